The first-order chi connectivity index (χ1) is 7.99. The van der Waals surface area contributed by atoms with Crippen LogP contribution in [-0.4, -0.2) is 20.0 Å². The molecule has 0 aliphatic heterocycles. The van der Waals surface area contributed by atoms with E-state index in [2.05, 4.69) is 10.1 Å². The summed E-state index contributed by atoms with van der Waals surface area (Å²) in [6, 6.07) is 6.16. The van der Waals surface area contributed by atoms with Gasteiger partial charge in [-0.05, 0) is 49.5 Å². The molecule has 1 aromatic carbocycles. The number of hydrogen-bond donors (Lipinski definition) is 1. The smallest absolute Gasteiger partial charge is 0.406 e. The highest BCUT2D eigenvalue weighted by atomic mass is 19.4. The fraction of sp³-hybridized carbons (Fsp3) is 0.500. The van der Waals surface area contributed by atoms with E-state index in [-0.39, 0.29) is 5.75 Å². The van der Waals surface area contributed by atoms with Crippen LogP contribution in [-0.2, 0) is 0 Å². The minimum atomic E-state index is -4.62. The highest BCUT2D eigenvalue weighted by Gasteiger charge is 2.37. The summed E-state index contributed by atoms with van der Waals surface area (Å²) >= 11 is 0. The van der Waals surface area contributed by atoms with E-state index in [9.17, 15) is 13.2 Å². The summed E-state index contributed by atoms with van der Waals surface area (Å²) < 4.78 is 39.7. The van der Waals surface area contributed by atoms with Crippen LogP contribution < -0.4 is 10.1 Å². The molecule has 1 N–H and O–H groups in total. The van der Waals surface area contributed by atoms with Gasteiger partial charge in [0.05, 0.1) is 0 Å². The topological polar surface area (TPSA) is 21.3 Å². The van der Waals surface area contributed by atoms with E-state index in [1.165, 1.54) is 12.1 Å². The number of ether oxygens (including phenoxy) is 1. The lowest BCUT2D eigenvalue weighted by Gasteiger charge is -2.09. The predicted molar refractivity (Wildman–Crippen MR) is 57.9 cm³/mol. The average Bonchev–Trinajstić information content (AvgIpc) is 2.96. The van der Waals surface area contributed by atoms with Crippen molar-refractivity contribution in [1.82, 2.24) is 5.32 Å². The summed E-state index contributed by atoms with van der Waals surface area (Å²) in [7, 11) is 1.90. The van der Waals surface area contributed by atoms with E-state index in [1.807, 2.05) is 7.05 Å². The van der Waals surface area contributed by atoms with Gasteiger partial charge in [0.2, 0.25) is 0 Å². The van der Waals surface area contributed by atoms with Crippen molar-refractivity contribution in [3.63, 3.8) is 0 Å². The van der Waals surface area contributed by atoms with Crippen LogP contribution in [0.5, 0.6) is 5.75 Å². The molecule has 0 heterocycles. The lowest BCUT2D eigenvalue weighted by atomic mass is 10.1. The van der Waals surface area contributed by atoms with Gasteiger partial charge in [0.25, 0.3) is 0 Å². The molecule has 0 radical (unpaired) electrons. The number of halogens is 3. The molecule has 5 heteroatoms. The van der Waals surface area contributed by atoms with Crippen molar-refractivity contribution >= 4 is 0 Å². The van der Waals surface area contributed by atoms with Gasteiger partial charge in [-0.2, -0.15) is 0 Å². The van der Waals surface area contributed by atoms with Gasteiger partial charge in [-0.3, -0.25) is 0 Å². The molecule has 2 rings (SSSR count). The zero-order valence-electron chi connectivity index (χ0n) is 9.42. The minimum absolute atomic E-state index is 0.160. The molecule has 0 spiro atoms. The van der Waals surface area contributed by atoms with Crippen LogP contribution in [0.15, 0.2) is 24.3 Å². The second kappa shape index (κ2) is 4.56. The Labute approximate surface area is 97.8 Å². The van der Waals surface area contributed by atoms with Crippen molar-refractivity contribution in [1.29, 1.82) is 0 Å². The van der Waals surface area contributed by atoms with E-state index in [4.69, 9.17) is 0 Å². The molecule has 0 saturated heterocycles. The molecule has 0 amide bonds. The third-order valence-corrected chi connectivity index (χ3v) is 2.93. The van der Waals surface area contributed by atoms with Crippen LogP contribution in [0, 0.1) is 5.92 Å². The van der Waals surface area contributed by atoms with Gasteiger partial charge in [0.15, 0.2) is 0 Å². The maximum Gasteiger partial charge on any atom is 0.573 e. The quantitative estimate of drug-likeness (QED) is 0.880. The van der Waals surface area contributed by atoms with Gasteiger partial charge in [0.1, 0.15) is 5.75 Å². The molecule has 1 fully saturated rings. The summed E-state index contributed by atoms with van der Waals surface area (Å²) in [4.78, 5) is 0. The van der Waals surface area contributed by atoms with E-state index in [0.29, 0.717) is 11.8 Å². The molecule has 1 saturated carbocycles. The summed E-state index contributed by atoms with van der Waals surface area (Å²) in [6.45, 7) is 0.950. The Kier molecular flexibility index (Phi) is 3.28. The highest BCUT2D eigenvalue weighted by Crippen LogP contribution is 2.47. The van der Waals surface area contributed by atoms with Gasteiger partial charge in [-0.15, -0.1) is 13.2 Å². The fourth-order valence-electron chi connectivity index (χ4n) is 2.06. The monoisotopic (exact) mass is 245 g/mol. The lowest BCUT2D eigenvalue weighted by molar-refractivity contribution is -0.274. The van der Waals surface area contributed by atoms with Crippen molar-refractivity contribution < 1.29 is 17.9 Å². The Balaban J connectivity index is 1.95. The lowest BCUT2D eigenvalue weighted by Crippen LogP contribution is -2.17. The standard InChI is InChI=1S/C12H14F3NO/c1-16-7-9-6-11(9)8-2-4-10(5-3-8)17-12(13,14)15/h2-5,9,11,16H,6-7H2,1H3/t9-,11+/m1/s1. The molecule has 0 unspecified atom stereocenters. The van der Waals surface area contributed by atoms with Gasteiger partial charge >= 0.3 is 6.36 Å². The molecule has 0 aromatic heterocycles. The molecule has 94 valence electrons. The minimum Gasteiger partial charge on any atom is -0.406 e. The number of nitrogens with one attached hydrogen (secondary N) is 1. The Morgan fingerprint density at radius 3 is 2.47 bits per heavy atom. The molecule has 1 aliphatic carbocycles. The van der Waals surface area contributed by atoms with E-state index in [0.717, 1.165) is 18.5 Å². The first kappa shape index (κ1) is 12.2. The van der Waals surface area contributed by atoms with Crippen LogP contribution in [0.25, 0.3) is 0 Å². The van der Waals surface area contributed by atoms with Crippen LogP contribution in [0.4, 0.5) is 13.2 Å². The molecule has 17 heavy (non-hydrogen) atoms. The molecule has 2 atom stereocenters. The second-order valence-electron chi connectivity index (χ2n) is 4.28. The van der Waals surface area contributed by atoms with E-state index in [1.54, 1.807) is 12.1 Å². The van der Waals surface area contributed by atoms with Crippen molar-refractivity contribution in [2.45, 2.75) is 18.7 Å². The van der Waals surface area contributed by atoms with Crippen molar-refractivity contribution in [2.24, 2.45) is 5.92 Å². The van der Waals surface area contributed by atoms with Gasteiger partial charge in [0, 0.05) is 0 Å². The molecule has 0 bridgehead atoms. The third-order valence-electron chi connectivity index (χ3n) is 2.93. The number of hydrogen-bond acceptors (Lipinski definition) is 2. The maximum absolute atomic E-state index is 11.9. The third kappa shape index (κ3) is 3.36. The summed E-state index contributed by atoms with van der Waals surface area (Å²) in [5, 5.41) is 3.10. The zero-order valence-corrected chi connectivity index (χ0v) is 9.42. The number of rotatable bonds is 4. The summed E-state index contributed by atoms with van der Waals surface area (Å²) in [5.74, 6) is 0.920. The molecular formula is C12H14F3NO. The summed E-state index contributed by atoms with van der Waals surface area (Å²) in [6.07, 6.45) is -3.52. The Morgan fingerprint density at radius 1 is 1.29 bits per heavy atom. The van der Waals surface area contributed by atoms with E-state index >= 15 is 0 Å². The molecule has 1 aromatic rings. The van der Waals surface area contributed by atoms with E-state index < -0.39 is 6.36 Å². The maximum atomic E-state index is 11.9. The first-order valence-electron chi connectivity index (χ1n) is 5.50. The summed E-state index contributed by atoms with van der Waals surface area (Å²) in [5.41, 5.74) is 1.08. The van der Waals surface area contributed by atoms with Crippen molar-refractivity contribution in [3.05, 3.63) is 29.8 Å². The highest BCUT2D eigenvalue weighted by molar-refractivity contribution is 5.32. The normalized spacial score (nSPS) is 23.5. The second-order valence-corrected chi connectivity index (χ2v) is 4.28. The molecule has 1 aliphatic rings. The Hall–Kier alpha value is -1.23. The van der Waals surface area contributed by atoms with Crippen LogP contribution in [0.1, 0.15) is 17.9 Å². The average molecular weight is 245 g/mol. The Bertz CT molecular complexity index is 374. The SMILES string of the molecule is CNC[C@H]1C[C@H]1c1ccc(OC(F)(F)F)cc1. The van der Waals surface area contributed by atoms with Crippen molar-refractivity contribution in [3.8, 4) is 5.75 Å². The van der Waals surface area contributed by atoms with Crippen molar-refractivity contribution in [2.75, 3.05) is 13.6 Å². The molecule has 2 nitrogen and oxygen atoms in total. The van der Waals surface area contributed by atoms with Gasteiger partial charge < -0.3 is 10.1 Å². The molecular weight excluding hydrogens is 231 g/mol. The van der Waals surface area contributed by atoms with Crippen LogP contribution in [0.3, 0.4) is 0 Å². The number of benzene rings is 1. The van der Waals surface area contributed by atoms with Gasteiger partial charge in [-0.25, -0.2) is 0 Å². The predicted octanol–water partition coefficient (Wildman–Crippen LogP) is 2.91. The van der Waals surface area contributed by atoms with Crippen LogP contribution >= 0.6 is 0 Å². The number of alkyl halides is 3. The first-order valence-corrected chi connectivity index (χ1v) is 5.50. The Morgan fingerprint density at radius 2 is 1.94 bits per heavy atom. The fourth-order valence-corrected chi connectivity index (χ4v) is 2.06. The zero-order chi connectivity index (χ0) is 12.5. The van der Waals surface area contributed by atoms with Crippen LogP contribution in [0.2, 0.25) is 0 Å². The largest absolute Gasteiger partial charge is 0.573 e. The van der Waals surface area contributed by atoms with Gasteiger partial charge in [-0.1, -0.05) is 12.1 Å².